The number of hydrogen-bond donors (Lipinski definition) is 0. The number of benzene rings is 1. The number of alkyl halides is 3. The first kappa shape index (κ1) is 14.4. The van der Waals surface area contributed by atoms with Crippen molar-refractivity contribution in [3.8, 4) is 6.07 Å². The standard InChI is InChI=1S/C12H10ClF2NO2/c1-18-11(17)4-7-2-3-8(12(14)15)10(6-16)9(7)5-13/h2-3,12H,4-5H2,1H3. The molecule has 3 nitrogen and oxygen atoms in total. The van der Waals surface area contributed by atoms with Gasteiger partial charge in [-0.2, -0.15) is 5.26 Å². The Bertz CT molecular complexity index is 498. The number of ether oxygens (including phenoxy) is 1. The van der Waals surface area contributed by atoms with Crippen LogP contribution in [0.2, 0.25) is 0 Å². The largest absolute Gasteiger partial charge is 0.469 e. The van der Waals surface area contributed by atoms with Crippen LogP contribution in [0.4, 0.5) is 8.78 Å². The van der Waals surface area contributed by atoms with Crippen molar-refractivity contribution in [1.29, 1.82) is 5.26 Å². The van der Waals surface area contributed by atoms with Crippen LogP contribution in [-0.2, 0) is 21.8 Å². The van der Waals surface area contributed by atoms with E-state index in [2.05, 4.69) is 4.74 Å². The van der Waals surface area contributed by atoms with Crippen molar-refractivity contribution >= 4 is 17.6 Å². The van der Waals surface area contributed by atoms with Crippen LogP contribution in [0.5, 0.6) is 0 Å². The molecule has 1 aromatic carbocycles. The fraction of sp³-hybridized carbons (Fsp3) is 0.333. The molecule has 1 rings (SSSR count). The zero-order valence-corrected chi connectivity index (χ0v) is 10.3. The van der Waals surface area contributed by atoms with Gasteiger partial charge in [0.1, 0.15) is 0 Å². The molecule has 0 aromatic heterocycles. The van der Waals surface area contributed by atoms with Crippen molar-refractivity contribution in [2.75, 3.05) is 7.11 Å². The maximum atomic E-state index is 12.7. The number of methoxy groups -OCH3 is 1. The number of rotatable bonds is 4. The molecule has 96 valence electrons. The Morgan fingerprint density at radius 2 is 2.22 bits per heavy atom. The summed E-state index contributed by atoms with van der Waals surface area (Å²) < 4.78 is 29.9. The monoisotopic (exact) mass is 273 g/mol. The summed E-state index contributed by atoms with van der Waals surface area (Å²) in [5.41, 5.74) is 0.142. The second-order valence-electron chi connectivity index (χ2n) is 3.47. The van der Waals surface area contributed by atoms with Crippen LogP contribution in [0, 0.1) is 11.3 Å². The van der Waals surface area contributed by atoms with Crippen LogP contribution in [0.25, 0.3) is 0 Å². The third kappa shape index (κ3) is 2.96. The van der Waals surface area contributed by atoms with Gasteiger partial charge >= 0.3 is 5.97 Å². The van der Waals surface area contributed by atoms with Crippen molar-refractivity contribution in [3.63, 3.8) is 0 Å². The molecule has 0 spiro atoms. The van der Waals surface area contributed by atoms with E-state index in [4.69, 9.17) is 16.9 Å². The minimum Gasteiger partial charge on any atom is -0.469 e. The summed E-state index contributed by atoms with van der Waals surface area (Å²) in [5.74, 6) is -0.634. The van der Waals surface area contributed by atoms with Crippen LogP contribution in [0.15, 0.2) is 12.1 Å². The van der Waals surface area contributed by atoms with E-state index in [9.17, 15) is 13.6 Å². The van der Waals surface area contributed by atoms with E-state index in [1.54, 1.807) is 6.07 Å². The van der Waals surface area contributed by atoms with Gasteiger partial charge in [-0.05, 0) is 11.1 Å². The predicted octanol–water partition coefficient (Wildman–Crippen LogP) is 2.95. The average Bonchev–Trinajstić information content (AvgIpc) is 2.37. The fourth-order valence-electron chi connectivity index (χ4n) is 1.57. The van der Waals surface area contributed by atoms with Crippen molar-refractivity contribution in [1.82, 2.24) is 0 Å². The maximum Gasteiger partial charge on any atom is 0.309 e. The zero-order valence-electron chi connectivity index (χ0n) is 9.54. The normalized spacial score (nSPS) is 10.2. The molecule has 1 aromatic rings. The summed E-state index contributed by atoms with van der Waals surface area (Å²) in [6, 6.07) is 4.22. The number of hydrogen-bond acceptors (Lipinski definition) is 3. The molecule has 0 fully saturated rings. The van der Waals surface area contributed by atoms with Gasteiger partial charge in [-0.3, -0.25) is 4.79 Å². The van der Waals surface area contributed by atoms with Gasteiger partial charge in [-0.1, -0.05) is 12.1 Å². The highest BCUT2D eigenvalue weighted by Gasteiger charge is 2.19. The van der Waals surface area contributed by atoms with E-state index in [-0.39, 0.29) is 29.0 Å². The first-order chi connectivity index (χ1) is 8.54. The Labute approximate surface area is 108 Å². The second-order valence-corrected chi connectivity index (χ2v) is 3.73. The van der Waals surface area contributed by atoms with Crippen molar-refractivity contribution < 1.29 is 18.3 Å². The molecule has 0 heterocycles. The highest BCUT2D eigenvalue weighted by atomic mass is 35.5. The predicted molar refractivity (Wildman–Crippen MR) is 61.4 cm³/mol. The number of carbonyl (C=O) groups excluding carboxylic acids is 1. The van der Waals surface area contributed by atoms with Crippen molar-refractivity contribution in [3.05, 3.63) is 34.4 Å². The molecule has 0 amide bonds. The average molecular weight is 274 g/mol. The fourth-order valence-corrected chi connectivity index (χ4v) is 1.87. The lowest BCUT2D eigenvalue weighted by atomic mass is 9.96. The number of halogens is 3. The molecule has 0 atom stereocenters. The lowest BCUT2D eigenvalue weighted by Crippen LogP contribution is -2.09. The molecule has 0 bridgehead atoms. The molecule has 0 aliphatic carbocycles. The van der Waals surface area contributed by atoms with Crippen LogP contribution in [-0.4, -0.2) is 13.1 Å². The van der Waals surface area contributed by atoms with Gasteiger partial charge in [-0.15, -0.1) is 11.6 Å². The molecule has 0 N–H and O–H groups in total. The summed E-state index contributed by atoms with van der Waals surface area (Å²) in [6.45, 7) is 0. The van der Waals surface area contributed by atoms with Gasteiger partial charge in [0, 0.05) is 11.4 Å². The van der Waals surface area contributed by atoms with E-state index >= 15 is 0 Å². The minimum absolute atomic E-state index is 0.100. The Kier molecular flexibility index (Phi) is 5.05. The summed E-state index contributed by atoms with van der Waals surface area (Å²) >= 11 is 5.67. The quantitative estimate of drug-likeness (QED) is 0.626. The Hall–Kier alpha value is -1.67. The van der Waals surface area contributed by atoms with Gasteiger partial charge in [-0.25, -0.2) is 8.78 Å². The van der Waals surface area contributed by atoms with Gasteiger partial charge in [0.05, 0.1) is 25.2 Å². The first-order valence-electron chi connectivity index (χ1n) is 5.00. The summed E-state index contributed by atoms with van der Waals surface area (Å²) in [7, 11) is 1.22. The highest BCUT2D eigenvalue weighted by molar-refractivity contribution is 6.17. The Morgan fingerprint density at radius 3 is 2.67 bits per heavy atom. The number of nitriles is 1. The molecular formula is C12H10ClF2NO2. The first-order valence-corrected chi connectivity index (χ1v) is 5.54. The second kappa shape index (κ2) is 6.31. The smallest absolute Gasteiger partial charge is 0.309 e. The topological polar surface area (TPSA) is 50.1 Å². The summed E-state index contributed by atoms with van der Waals surface area (Å²) in [6.07, 6.45) is -2.86. The molecule has 0 aliphatic rings. The molecule has 6 heteroatoms. The molecule has 0 unspecified atom stereocenters. The molecule has 0 saturated carbocycles. The van der Waals surface area contributed by atoms with Crippen molar-refractivity contribution in [2.24, 2.45) is 0 Å². The molecule has 0 aliphatic heterocycles. The lowest BCUT2D eigenvalue weighted by molar-refractivity contribution is -0.139. The summed E-state index contributed by atoms with van der Waals surface area (Å²) in [4.78, 5) is 11.2. The maximum absolute atomic E-state index is 12.7. The Morgan fingerprint density at radius 1 is 1.56 bits per heavy atom. The minimum atomic E-state index is -2.76. The third-order valence-corrected chi connectivity index (χ3v) is 2.75. The van der Waals surface area contributed by atoms with Crippen LogP contribution in [0.1, 0.15) is 28.7 Å². The van der Waals surface area contributed by atoms with Gasteiger partial charge in [0.15, 0.2) is 0 Å². The van der Waals surface area contributed by atoms with Crippen molar-refractivity contribution in [2.45, 2.75) is 18.7 Å². The number of esters is 1. The van der Waals surface area contributed by atoms with E-state index in [1.165, 1.54) is 13.2 Å². The van der Waals surface area contributed by atoms with E-state index in [0.29, 0.717) is 5.56 Å². The Balaban J connectivity index is 3.31. The van der Waals surface area contributed by atoms with Crippen LogP contribution < -0.4 is 0 Å². The SMILES string of the molecule is COC(=O)Cc1ccc(C(F)F)c(C#N)c1CCl. The van der Waals surface area contributed by atoms with E-state index in [1.807, 2.05) is 0 Å². The number of nitrogens with zero attached hydrogens (tertiary/aromatic N) is 1. The number of carbonyl (C=O) groups is 1. The van der Waals surface area contributed by atoms with E-state index in [0.717, 1.165) is 6.07 Å². The summed E-state index contributed by atoms with van der Waals surface area (Å²) in [5, 5.41) is 8.94. The van der Waals surface area contributed by atoms with Gasteiger partial charge < -0.3 is 4.74 Å². The van der Waals surface area contributed by atoms with Crippen LogP contribution in [0.3, 0.4) is 0 Å². The van der Waals surface area contributed by atoms with Crippen LogP contribution >= 0.6 is 11.6 Å². The van der Waals surface area contributed by atoms with E-state index < -0.39 is 12.4 Å². The molecular weight excluding hydrogens is 264 g/mol. The molecule has 0 saturated heterocycles. The third-order valence-electron chi connectivity index (χ3n) is 2.49. The highest BCUT2D eigenvalue weighted by Crippen LogP contribution is 2.28. The van der Waals surface area contributed by atoms with Gasteiger partial charge in [0.25, 0.3) is 6.43 Å². The van der Waals surface area contributed by atoms with Gasteiger partial charge in [0.2, 0.25) is 0 Å². The molecule has 18 heavy (non-hydrogen) atoms. The lowest BCUT2D eigenvalue weighted by Gasteiger charge is -2.11. The molecule has 0 radical (unpaired) electrons. The zero-order chi connectivity index (χ0) is 13.7.